The van der Waals surface area contributed by atoms with E-state index in [1.807, 2.05) is 18.7 Å². The van der Waals surface area contributed by atoms with Gasteiger partial charge in [0, 0.05) is 24.8 Å². The molecule has 2 rings (SSSR count). The quantitative estimate of drug-likeness (QED) is 0.775. The summed E-state index contributed by atoms with van der Waals surface area (Å²) in [5.41, 5.74) is 5.79. The van der Waals surface area contributed by atoms with Crippen molar-refractivity contribution < 1.29 is 14.7 Å². The van der Waals surface area contributed by atoms with E-state index in [4.69, 9.17) is 5.73 Å². The first-order valence-electron chi connectivity index (χ1n) is 7.96. The number of carbonyl (C=O) groups excluding carboxylic acids is 2. The minimum absolute atomic E-state index is 0.0404. The smallest absolute Gasteiger partial charge is 0.242 e. The first-order chi connectivity index (χ1) is 10.3. The van der Waals surface area contributed by atoms with Crippen molar-refractivity contribution in [2.75, 3.05) is 25.4 Å². The molecule has 22 heavy (non-hydrogen) atoms. The first-order valence-corrected chi connectivity index (χ1v) is 8.95. The Balaban J connectivity index is 2.15. The molecule has 6 nitrogen and oxygen atoms in total. The molecular weight excluding hydrogens is 302 g/mol. The molecule has 3 unspecified atom stereocenters. The lowest BCUT2D eigenvalue weighted by atomic mass is 10.00. The third-order valence-electron chi connectivity index (χ3n) is 4.49. The Labute approximate surface area is 136 Å². The molecule has 3 atom stereocenters. The predicted octanol–water partition coefficient (Wildman–Crippen LogP) is 0.245. The Hall–Kier alpha value is -0.790. The van der Waals surface area contributed by atoms with E-state index in [1.54, 1.807) is 16.7 Å². The van der Waals surface area contributed by atoms with E-state index >= 15 is 0 Å². The highest BCUT2D eigenvalue weighted by Crippen LogP contribution is 2.43. The van der Waals surface area contributed by atoms with Gasteiger partial charge in [0.1, 0.15) is 10.9 Å². The second-order valence-corrected chi connectivity index (χ2v) is 8.03. The average molecular weight is 329 g/mol. The summed E-state index contributed by atoms with van der Waals surface area (Å²) in [6.07, 6.45) is 0.895. The van der Waals surface area contributed by atoms with Crippen LogP contribution in [0.5, 0.6) is 0 Å². The van der Waals surface area contributed by atoms with Gasteiger partial charge in [0.05, 0.1) is 12.6 Å². The molecule has 0 saturated carbocycles. The van der Waals surface area contributed by atoms with Crippen LogP contribution in [0.15, 0.2) is 0 Å². The van der Waals surface area contributed by atoms with Crippen molar-refractivity contribution in [3.8, 4) is 0 Å². The Morgan fingerprint density at radius 2 is 1.91 bits per heavy atom. The van der Waals surface area contributed by atoms with Crippen LogP contribution in [-0.4, -0.2) is 69.1 Å². The van der Waals surface area contributed by atoms with Crippen LogP contribution in [0.1, 0.15) is 33.6 Å². The number of nitrogens with zero attached hydrogens (tertiary/aromatic N) is 2. The molecule has 2 heterocycles. The van der Waals surface area contributed by atoms with Gasteiger partial charge in [-0.3, -0.25) is 9.59 Å². The topological polar surface area (TPSA) is 86.9 Å². The maximum absolute atomic E-state index is 12.5. The van der Waals surface area contributed by atoms with Crippen molar-refractivity contribution in [2.45, 2.75) is 50.6 Å². The Bertz CT molecular complexity index is 444. The number of thioether (sulfide) groups is 1. The summed E-state index contributed by atoms with van der Waals surface area (Å²) >= 11 is 1.77. The Morgan fingerprint density at radius 1 is 1.23 bits per heavy atom. The number of rotatable bonds is 3. The largest absolute Gasteiger partial charge is 0.391 e. The molecule has 126 valence electrons. The number of carbonyl (C=O) groups is 2. The van der Waals surface area contributed by atoms with Crippen LogP contribution in [0.4, 0.5) is 0 Å². The summed E-state index contributed by atoms with van der Waals surface area (Å²) in [7, 11) is 0. The molecule has 0 aromatic rings. The van der Waals surface area contributed by atoms with E-state index in [1.165, 1.54) is 6.92 Å². The third kappa shape index (κ3) is 3.26. The van der Waals surface area contributed by atoms with Gasteiger partial charge in [0.15, 0.2) is 0 Å². The van der Waals surface area contributed by atoms with Gasteiger partial charge in [-0.2, -0.15) is 0 Å². The molecule has 0 bridgehead atoms. The zero-order chi connectivity index (χ0) is 16.5. The second-order valence-electron chi connectivity index (χ2n) is 6.57. The number of amides is 2. The van der Waals surface area contributed by atoms with Gasteiger partial charge in [0.25, 0.3) is 0 Å². The zero-order valence-corrected chi connectivity index (χ0v) is 14.4. The van der Waals surface area contributed by atoms with Crippen LogP contribution in [0, 0.1) is 5.92 Å². The fraction of sp³-hybridized carbons (Fsp3) is 0.867. The van der Waals surface area contributed by atoms with E-state index in [9.17, 15) is 14.7 Å². The zero-order valence-electron chi connectivity index (χ0n) is 13.6. The molecular formula is C15H27N3O3S. The van der Waals surface area contributed by atoms with Crippen molar-refractivity contribution in [1.82, 2.24) is 9.80 Å². The lowest BCUT2D eigenvalue weighted by Gasteiger charge is -2.46. The number of piperidine rings is 1. The monoisotopic (exact) mass is 329 g/mol. The number of aliphatic hydroxyl groups excluding tert-OH is 1. The molecule has 1 spiro atoms. The summed E-state index contributed by atoms with van der Waals surface area (Å²) in [6.45, 7) is 7.25. The minimum atomic E-state index is -0.893. The van der Waals surface area contributed by atoms with Gasteiger partial charge >= 0.3 is 0 Å². The average Bonchev–Trinajstić information content (AvgIpc) is 2.87. The standard InChI is InChI=1S/C15H27N3O3S/c1-10(2)13(20)18-7-8-22-15(18)5-4-6-17(9-15)14(21)12(16)11(3)19/h10-12,19H,4-9,16H2,1-3H3. The van der Waals surface area contributed by atoms with E-state index in [2.05, 4.69) is 0 Å². The van der Waals surface area contributed by atoms with Crippen LogP contribution in [0.3, 0.4) is 0 Å². The fourth-order valence-corrected chi connectivity index (χ4v) is 4.70. The summed E-state index contributed by atoms with van der Waals surface area (Å²) in [5, 5.41) is 9.55. The molecule has 2 saturated heterocycles. The highest BCUT2D eigenvalue weighted by molar-refractivity contribution is 8.00. The van der Waals surface area contributed by atoms with Gasteiger partial charge in [-0.15, -0.1) is 11.8 Å². The van der Waals surface area contributed by atoms with Gasteiger partial charge in [0.2, 0.25) is 11.8 Å². The van der Waals surface area contributed by atoms with Crippen LogP contribution in [-0.2, 0) is 9.59 Å². The Kier molecular flexibility index (Phi) is 5.40. The number of hydrogen-bond donors (Lipinski definition) is 2. The van der Waals surface area contributed by atoms with E-state index in [0.29, 0.717) is 13.1 Å². The van der Waals surface area contributed by atoms with Crippen molar-refractivity contribution >= 4 is 23.6 Å². The molecule has 2 fully saturated rings. The van der Waals surface area contributed by atoms with Crippen molar-refractivity contribution in [2.24, 2.45) is 11.7 Å². The van der Waals surface area contributed by atoms with E-state index in [0.717, 1.165) is 25.1 Å². The highest BCUT2D eigenvalue weighted by atomic mass is 32.2. The molecule has 0 aliphatic carbocycles. The molecule has 0 radical (unpaired) electrons. The third-order valence-corrected chi connectivity index (χ3v) is 5.97. The number of nitrogens with two attached hydrogens (primary N) is 1. The summed E-state index contributed by atoms with van der Waals surface area (Å²) in [6, 6.07) is -0.893. The number of aliphatic hydroxyl groups is 1. The number of likely N-dealkylation sites (tertiary alicyclic amines) is 1. The van der Waals surface area contributed by atoms with Crippen molar-refractivity contribution in [3.05, 3.63) is 0 Å². The molecule has 0 aromatic carbocycles. The van der Waals surface area contributed by atoms with Crippen LogP contribution >= 0.6 is 11.8 Å². The SMILES string of the molecule is CC(C)C(=O)N1CCSC12CCCN(C(=O)C(N)C(C)O)C2. The van der Waals surface area contributed by atoms with Crippen LogP contribution < -0.4 is 5.73 Å². The molecule has 3 N–H and O–H groups in total. The van der Waals surface area contributed by atoms with Gasteiger partial charge in [-0.1, -0.05) is 13.8 Å². The van der Waals surface area contributed by atoms with Crippen molar-refractivity contribution in [1.29, 1.82) is 0 Å². The molecule has 7 heteroatoms. The summed E-state index contributed by atoms with van der Waals surface area (Å²) < 4.78 is 0. The van der Waals surface area contributed by atoms with Gasteiger partial charge in [-0.05, 0) is 19.8 Å². The highest BCUT2D eigenvalue weighted by Gasteiger charge is 2.48. The molecule has 2 amide bonds. The maximum Gasteiger partial charge on any atom is 0.242 e. The van der Waals surface area contributed by atoms with E-state index < -0.39 is 12.1 Å². The predicted molar refractivity (Wildman–Crippen MR) is 87.2 cm³/mol. The van der Waals surface area contributed by atoms with Crippen molar-refractivity contribution in [3.63, 3.8) is 0 Å². The summed E-state index contributed by atoms with van der Waals surface area (Å²) in [4.78, 5) is 28.3. The summed E-state index contributed by atoms with van der Waals surface area (Å²) in [5.74, 6) is 0.794. The van der Waals surface area contributed by atoms with Gasteiger partial charge in [-0.25, -0.2) is 0 Å². The van der Waals surface area contributed by atoms with Crippen LogP contribution in [0.2, 0.25) is 0 Å². The molecule has 2 aliphatic rings. The lowest BCUT2D eigenvalue weighted by Crippen LogP contribution is -2.60. The van der Waals surface area contributed by atoms with Gasteiger partial charge < -0.3 is 20.6 Å². The van der Waals surface area contributed by atoms with Crippen LogP contribution in [0.25, 0.3) is 0 Å². The first kappa shape index (κ1) is 17.6. The van der Waals surface area contributed by atoms with E-state index in [-0.39, 0.29) is 22.6 Å². The second kappa shape index (κ2) is 6.76. The normalized spacial score (nSPS) is 28.3. The lowest BCUT2D eigenvalue weighted by molar-refractivity contribution is -0.144. The maximum atomic E-state index is 12.5. The molecule has 2 aliphatic heterocycles. The minimum Gasteiger partial charge on any atom is -0.391 e. The Morgan fingerprint density at radius 3 is 2.50 bits per heavy atom. The number of hydrogen-bond acceptors (Lipinski definition) is 5. The fourth-order valence-electron chi connectivity index (χ4n) is 3.18. The molecule has 0 aromatic heterocycles.